The summed E-state index contributed by atoms with van der Waals surface area (Å²) in [5.41, 5.74) is 7.40. The molecule has 78 valence electrons. The molecule has 1 heterocycles. The Labute approximate surface area is 89.5 Å². The van der Waals surface area contributed by atoms with Crippen LogP contribution in [0, 0.1) is 0 Å². The van der Waals surface area contributed by atoms with Gasteiger partial charge in [-0.25, -0.2) is 4.98 Å². The van der Waals surface area contributed by atoms with Crippen LogP contribution in [-0.4, -0.2) is 4.98 Å². The molecule has 0 radical (unpaired) electrons. The second kappa shape index (κ2) is 3.63. The fourth-order valence-electron chi connectivity index (χ4n) is 1.63. The van der Waals surface area contributed by atoms with Crippen LogP contribution in [-0.2, 0) is 5.54 Å². The van der Waals surface area contributed by atoms with E-state index in [1.54, 1.807) is 11.3 Å². The van der Waals surface area contributed by atoms with Gasteiger partial charge in [0.05, 0.1) is 11.2 Å². The van der Waals surface area contributed by atoms with E-state index in [1.165, 1.54) is 18.5 Å². The third-order valence-electron chi connectivity index (χ3n) is 3.21. The van der Waals surface area contributed by atoms with E-state index in [9.17, 15) is 0 Å². The molecule has 0 atom stereocenters. The average Bonchev–Trinajstić information content (AvgIpc) is 2.95. The Morgan fingerprint density at radius 1 is 1.50 bits per heavy atom. The number of thiazole rings is 1. The van der Waals surface area contributed by atoms with Crippen LogP contribution in [0.15, 0.2) is 5.38 Å². The number of nitrogens with zero attached hydrogens (tertiary/aromatic N) is 1. The lowest BCUT2D eigenvalue weighted by Crippen LogP contribution is -2.34. The maximum absolute atomic E-state index is 6.30. The molecule has 2 nitrogen and oxygen atoms in total. The lowest BCUT2D eigenvalue weighted by Gasteiger charge is -2.23. The van der Waals surface area contributed by atoms with Gasteiger partial charge in [0.15, 0.2) is 0 Å². The predicted molar refractivity (Wildman–Crippen MR) is 60.5 cm³/mol. The number of aromatic nitrogens is 1. The lowest BCUT2D eigenvalue weighted by atomic mass is 9.95. The van der Waals surface area contributed by atoms with Gasteiger partial charge in [0.2, 0.25) is 0 Å². The van der Waals surface area contributed by atoms with E-state index in [-0.39, 0.29) is 5.54 Å². The number of rotatable bonds is 4. The molecule has 1 fully saturated rings. The van der Waals surface area contributed by atoms with Crippen LogP contribution in [0.25, 0.3) is 0 Å². The fourth-order valence-corrected chi connectivity index (χ4v) is 2.79. The molecule has 1 saturated carbocycles. The van der Waals surface area contributed by atoms with Crippen molar-refractivity contribution in [2.24, 2.45) is 5.73 Å². The Morgan fingerprint density at radius 2 is 2.14 bits per heavy atom. The van der Waals surface area contributed by atoms with Crippen LogP contribution >= 0.6 is 11.3 Å². The SMILES string of the molecule is CCC(N)(CC)c1nc(C2CC2)cs1. The maximum atomic E-state index is 6.30. The van der Waals surface area contributed by atoms with E-state index in [0.717, 1.165) is 23.8 Å². The zero-order chi connectivity index (χ0) is 10.2. The van der Waals surface area contributed by atoms with Crippen LogP contribution < -0.4 is 5.73 Å². The topological polar surface area (TPSA) is 38.9 Å². The van der Waals surface area contributed by atoms with Crippen molar-refractivity contribution < 1.29 is 0 Å². The van der Waals surface area contributed by atoms with Crippen molar-refractivity contribution in [2.45, 2.75) is 51.0 Å². The quantitative estimate of drug-likeness (QED) is 0.829. The molecule has 1 aliphatic rings. The Morgan fingerprint density at radius 3 is 2.64 bits per heavy atom. The molecule has 1 aromatic heterocycles. The first-order chi connectivity index (χ1) is 6.69. The second-order valence-corrected chi connectivity index (χ2v) is 5.07. The Kier molecular flexibility index (Phi) is 2.62. The standard InChI is InChI=1S/C11H18N2S/c1-3-11(12,4-2)10-13-9(7-14-10)8-5-6-8/h7-8H,3-6,12H2,1-2H3. The summed E-state index contributed by atoms with van der Waals surface area (Å²) in [5, 5.41) is 3.32. The highest BCUT2D eigenvalue weighted by Gasteiger charge is 2.30. The molecular formula is C11H18N2S. The normalized spacial score (nSPS) is 17.4. The molecule has 0 spiro atoms. The minimum atomic E-state index is -0.183. The highest BCUT2D eigenvalue weighted by atomic mass is 32.1. The first kappa shape index (κ1) is 10.1. The Bertz CT molecular complexity index is 311. The highest BCUT2D eigenvalue weighted by molar-refractivity contribution is 7.09. The van der Waals surface area contributed by atoms with Gasteiger partial charge in [-0.1, -0.05) is 13.8 Å². The summed E-state index contributed by atoms with van der Waals surface area (Å²) in [5.74, 6) is 0.748. The molecule has 3 heteroatoms. The molecule has 0 aliphatic heterocycles. The fraction of sp³-hybridized carbons (Fsp3) is 0.727. The first-order valence-electron chi connectivity index (χ1n) is 5.44. The molecule has 2 rings (SSSR count). The number of hydrogen-bond donors (Lipinski definition) is 1. The van der Waals surface area contributed by atoms with E-state index in [0.29, 0.717) is 0 Å². The summed E-state index contributed by atoms with van der Waals surface area (Å²) in [7, 11) is 0. The van der Waals surface area contributed by atoms with Crippen molar-refractivity contribution in [1.29, 1.82) is 0 Å². The summed E-state index contributed by atoms with van der Waals surface area (Å²) in [6, 6.07) is 0. The van der Waals surface area contributed by atoms with Gasteiger partial charge in [-0.15, -0.1) is 11.3 Å². The molecule has 0 saturated heterocycles. The largest absolute Gasteiger partial charge is 0.319 e. The number of hydrogen-bond acceptors (Lipinski definition) is 3. The van der Waals surface area contributed by atoms with Crippen molar-refractivity contribution in [3.05, 3.63) is 16.1 Å². The van der Waals surface area contributed by atoms with Gasteiger partial charge in [0.1, 0.15) is 5.01 Å². The predicted octanol–water partition coefficient (Wildman–Crippen LogP) is 2.99. The molecule has 0 aromatic carbocycles. The van der Waals surface area contributed by atoms with Gasteiger partial charge in [-0.2, -0.15) is 0 Å². The zero-order valence-electron chi connectivity index (χ0n) is 8.92. The molecule has 2 N–H and O–H groups in total. The Hall–Kier alpha value is -0.410. The van der Waals surface area contributed by atoms with Gasteiger partial charge in [0, 0.05) is 11.3 Å². The van der Waals surface area contributed by atoms with Crippen molar-refractivity contribution in [3.8, 4) is 0 Å². The summed E-state index contributed by atoms with van der Waals surface area (Å²) >= 11 is 1.74. The molecule has 14 heavy (non-hydrogen) atoms. The van der Waals surface area contributed by atoms with Gasteiger partial charge in [-0.3, -0.25) is 0 Å². The number of nitrogens with two attached hydrogens (primary N) is 1. The van der Waals surface area contributed by atoms with Crippen molar-refractivity contribution >= 4 is 11.3 Å². The summed E-state index contributed by atoms with van der Waals surface area (Å²) in [6.07, 6.45) is 4.58. The van der Waals surface area contributed by atoms with E-state index in [1.807, 2.05) is 0 Å². The van der Waals surface area contributed by atoms with Crippen LogP contribution in [0.4, 0.5) is 0 Å². The molecule has 0 amide bonds. The second-order valence-electron chi connectivity index (χ2n) is 4.22. The molecule has 1 aromatic rings. The third kappa shape index (κ3) is 1.71. The van der Waals surface area contributed by atoms with E-state index >= 15 is 0 Å². The van der Waals surface area contributed by atoms with Crippen LogP contribution in [0.3, 0.4) is 0 Å². The Balaban J connectivity index is 2.21. The first-order valence-corrected chi connectivity index (χ1v) is 6.32. The van der Waals surface area contributed by atoms with E-state index in [2.05, 4.69) is 24.2 Å². The van der Waals surface area contributed by atoms with Gasteiger partial charge in [0.25, 0.3) is 0 Å². The average molecular weight is 210 g/mol. The molecular weight excluding hydrogens is 192 g/mol. The van der Waals surface area contributed by atoms with Crippen LogP contribution in [0.1, 0.15) is 56.2 Å². The van der Waals surface area contributed by atoms with Gasteiger partial charge >= 0.3 is 0 Å². The highest BCUT2D eigenvalue weighted by Crippen LogP contribution is 2.41. The van der Waals surface area contributed by atoms with Crippen molar-refractivity contribution in [1.82, 2.24) is 4.98 Å². The summed E-state index contributed by atoms with van der Waals surface area (Å²) in [6.45, 7) is 4.28. The van der Waals surface area contributed by atoms with E-state index in [4.69, 9.17) is 5.73 Å². The summed E-state index contributed by atoms with van der Waals surface area (Å²) in [4.78, 5) is 4.68. The van der Waals surface area contributed by atoms with E-state index < -0.39 is 0 Å². The zero-order valence-corrected chi connectivity index (χ0v) is 9.73. The smallest absolute Gasteiger partial charge is 0.113 e. The minimum absolute atomic E-state index is 0.183. The van der Waals surface area contributed by atoms with Gasteiger partial charge < -0.3 is 5.73 Å². The molecule has 0 bridgehead atoms. The van der Waals surface area contributed by atoms with Crippen molar-refractivity contribution in [2.75, 3.05) is 0 Å². The third-order valence-corrected chi connectivity index (χ3v) is 4.29. The van der Waals surface area contributed by atoms with Crippen LogP contribution in [0.5, 0.6) is 0 Å². The lowest BCUT2D eigenvalue weighted by molar-refractivity contribution is 0.410. The van der Waals surface area contributed by atoms with Gasteiger partial charge in [-0.05, 0) is 25.7 Å². The summed E-state index contributed by atoms with van der Waals surface area (Å²) < 4.78 is 0. The monoisotopic (exact) mass is 210 g/mol. The molecule has 1 aliphatic carbocycles. The molecule has 0 unspecified atom stereocenters. The maximum Gasteiger partial charge on any atom is 0.113 e. The van der Waals surface area contributed by atoms with Crippen molar-refractivity contribution in [3.63, 3.8) is 0 Å². The van der Waals surface area contributed by atoms with Crippen LogP contribution in [0.2, 0.25) is 0 Å². The minimum Gasteiger partial charge on any atom is -0.319 e.